The van der Waals surface area contributed by atoms with E-state index in [1.807, 2.05) is 78.9 Å². The first-order chi connectivity index (χ1) is 19.4. The van der Waals surface area contributed by atoms with E-state index in [1.54, 1.807) is 43.3 Å². The Balaban J connectivity index is 1.34. The van der Waals surface area contributed by atoms with Gasteiger partial charge in [-0.2, -0.15) is 0 Å². The van der Waals surface area contributed by atoms with E-state index in [0.717, 1.165) is 16.7 Å². The number of cyclic esters (lactones) is 1. The standard InChI is InChI=1S/C33H29NO6/c1-33(21-24-17-19-28(20-18-24)30(35)38-22-25-11-5-2-6-12-25)31(36)40-29(27-15-9-4-10-16-27)34(33)32(37)39-23-26-13-7-3-8-14-26/h2-20,29H,21-23H2,1H3. The SMILES string of the molecule is CC1(Cc2ccc(C(=O)OCc3ccccc3)cc2)C(=O)OC(c2ccccc2)N1C(=O)OCc1ccccc1. The van der Waals surface area contributed by atoms with Crippen molar-refractivity contribution in [1.29, 1.82) is 0 Å². The normalized spacial score (nSPS) is 18.2. The van der Waals surface area contributed by atoms with Gasteiger partial charge in [0.2, 0.25) is 6.23 Å². The summed E-state index contributed by atoms with van der Waals surface area (Å²) in [6, 6.07) is 34.7. The Bertz CT molecular complexity index is 1460. The molecule has 1 fully saturated rings. The topological polar surface area (TPSA) is 82.1 Å². The highest BCUT2D eigenvalue weighted by molar-refractivity contribution is 5.90. The average Bonchev–Trinajstić information content (AvgIpc) is 3.26. The average molecular weight is 536 g/mol. The second kappa shape index (κ2) is 11.9. The quantitative estimate of drug-likeness (QED) is 0.196. The number of hydrogen-bond donors (Lipinski definition) is 0. The molecule has 4 aromatic rings. The van der Waals surface area contributed by atoms with Gasteiger partial charge in [-0.15, -0.1) is 0 Å². The molecule has 202 valence electrons. The van der Waals surface area contributed by atoms with Crippen molar-refractivity contribution in [3.8, 4) is 0 Å². The van der Waals surface area contributed by atoms with Gasteiger partial charge in [0.1, 0.15) is 18.8 Å². The van der Waals surface area contributed by atoms with Gasteiger partial charge >= 0.3 is 18.0 Å². The van der Waals surface area contributed by atoms with Crippen molar-refractivity contribution >= 4 is 18.0 Å². The number of esters is 2. The summed E-state index contributed by atoms with van der Waals surface area (Å²) >= 11 is 0. The van der Waals surface area contributed by atoms with E-state index in [4.69, 9.17) is 14.2 Å². The highest BCUT2D eigenvalue weighted by atomic mass is 16.6. The van der Waals surface area contributed by atoms with Gasteiger partial charge in [0, 0.05) is 12.0 Å². The van der Waals surface area contributed by atoms with E-state index in [-0.39, 0.29) is 19.6 Å². The largest absolute Gasteiger partial charge is 0.457 e. The minimum absolute atomic E-state index is 0.0573. The number of amides is 1. The van der Waals surface area contributed by atoms with Crippen molar-refractivity contribution in [1.82, 2.24) is 4.90 Å². The van der Waals surface area contributed by atoms with Crippen LogP contribution in [0, 0.1) is 0 Å². The Hall–Kier alpha value is -4.91. The number of hydrogen-bond acceptors (Lipinski definition) is 6. The molecule has 40 heavy (non-hydrogen) atoms. The van der Waals surface area contributed by atoms with Crippen LogP contribution < -0.4 is 0 Å². The Morgan fingerprint density at radius 2 is 1.25 bits per heavy atom. The smallest absolute Gasteiger partial charge is 0.414 e. The maximum absolute atomic E-state index is 13.5. The van der Waals surface area contributed by atoms with Crippen molar-refractivity contribution in [2.45, 2.75) is 38.3 Å². The maximum atomic E-state index is 13.5. The molecule has 0 bridgehead atoms. The number of rotatable bonds is 8. The van der Waals surface area contributed by atoms with Crippen LogP contribution in [0.4, 0.5) is 4.79 Å². The molecule has 0 aliphatic carbocycles. The predicted octanol–water partition coefficient (Wildman–Crippen LogP) is 6.24. The Labute approximate surface area is 232 Å². The summed E-state index contributed by atoms with van der Waals surface area (Å²) in [5, 5.41) is 0. The number of nitrogens with zero attached hydrogens (tertiary/aromatic N) is 1. The Morgan fingerprint density at radius 3 is 1.82 bits per heavy atom. The van der Waals surface area contributed by atoms with Gasteiger partial charge in [-0.1, -0.05) is 103 Å². The summed E-state index contributed by atoms with van der Waals surface area (Å²) in [7, 11) is 0. The molecule has 0 aromatic heterocycles. The number of carbonyl (C=O) groups excluding carboxylic acids is 3. The first kappa shape index (κ1) is 26.7. The van der Waals surface area contributed by atoms with Gasteiger partial charge in [0.15, 0.2) is 0 Å². The van der Waals surface area contributed by atoms with E-state index in [2.05, 4.69) is 0 Å². The highest BCUT2D eigenvalue weighted by Gasteiger charge is 2.55. The molecule has 0 radical (unpaired) electrons. The lowest BCUT2D eigenvalue weighted by Crippen LogP contribution is -2.51. The van der Waals surface area contributed by atoms with Crippen molar-refractivity contribution < 1.29 is 28.6 Å². The van der Waals surface area contributed by atoms with Gasteiger partial charge in [-0.05, 0) is 35.7 Å². The molecule has 1 heterocycles. The molecule has 7 heteroatoms. The van der Waals surface area contributed by atoms with Crippen LogP contribution in [-0.2, 0) is 38.6 Å². The minimum Gasteiger partial charge on any atom is -0.457 e. The van der Waals surface area contributed by atoms with E-state index < -0.39 is 29.8 Å². The molecule has 2 unspecified atom stereocenters. The lowest BCUT2D eigenvalue weighted by atomic mass is 9.91. The van der Waals surface area contributed by atoms with Crippen molar-refractivity contribution in [3.63, 3.8) is 0 Å². The van der Waals surface area contributed by atoms with Gasteiger partial charge in [-0.25, -0.2) is 14.4 Å². The fourth-order valence-corrected chi connectivity index (χ4v) is 4.68. The van der Waals surface area contributed by atoms with Crippen LogP contribution >= 0.6 is 0 Å². The molecular formula is C33H29NO6. The second-order valence-corrected chi connectivity index (χ2v) is 9.79. The summed E-state index contributed by atoms with van der Waals surface area (Å²) in [6.45, 7) is 1.90. The van der Waals surface area contributed by atoms with E-state index in [0.29, 0.717) is 11.1 Å². The molecule has 0 N–H and O–H groups in total. The first-order valence-electron chi connectivity index (χ1n) is 13.0. The summed E-state index contributed by atoms with van der Waals surface area (Å²) in [6.07, 6.45) is -1.43. The van der Waals surface area contributed by atoms with E-state index in [1.165, 1.54) is 4.90 Å². The fraction of sp³-hybridized carbons (Fsp3) is 0.182. The van der Waals surface area contributed by atoms with Crippen molar-refractivity contribution in [2.75, 3.05) is 0 Å². The second-order valence-electron chi connectivity index (χ2n) is 9.79. The molecule has 1 amide bonds. The van der Waals surface area contributed by atoms with Crippen LogP contribution in [0.3, 0.4) is 0 Å². The molecule has 0 spiro atoms. The van der Waals surface area contributed by atoms with E-state index >= 15 is 0 Å². The monoisotopic (exact) mass is 535 g/mol. The third-order valence-corrected chi connectivity index (χ3v) is 6.86. The third-order valence-electron chi connectivity index (χ3n) is 6.86. The molecule has 7 nitrogen and oxygen atoms in total. The fourth-order valence-electron chi connectivity index (χ4n) is 4.68. The minimum atomic E-state index is -1.34. The summed E-state index contributed by atoms with van der Waals surface area (Å²) in [4.78, 5) is 40.7. The predicted molar refractivity (Wildman–Crippen MR) is 148 cm³/mol. The Kier molecular flexibility index (Phi) is 7.92. The van der Waals surface area contributed by atoms with Crippen LogP contribution in [0.5, 0.6) is 0 Å². The van der Waals surface area contributed by atoms with Gasteiger partial charge in [-0.3, -0.25) is 4.90 Å². The molecule has 1 aliphatic heterocycles. The summed E-state index contributed by atoms with van der Waals surface area (Å²) < 4.78 is 16.8. The van der Waals surface area contributed by atoms with Gasteiger partial charge < -0.3 is 14.2 Å². The van der Waals surface area contributed by atoms with Gasteiger partial charge in [0.25, 0.3) is 0 Å². The first-order valence-corrected chi connectivity index (χ1v) is 13.0. The molecular weight excluding hydrogens is 506 g/mol. The van der Waals surface area contributed by atoms with E-state index in [9.17, 15) is 14.4 Å². The van der Waals surface area contributed by atoms with Crippen LogP contribution in [0.15, 0.2) is 115 Å². The number of carbonyl (C=O) groups is 3. The van der Waals surface area contributed by atoms with Crippen molar-refractivity contribution in [2.24, 2.45) is 0 Å². The summed E-state index contributed by atoms with van der Waals surface area (Å²) in [5.74, 6) is -0.985. The molecule has 1 aliphatic rings. The van der Waals surface area contributed by atoms with Crippen LogP contribution in [0.1, 0.15) is 45.8 Å². The maximum Gasteiger partial charge on any atom is 0.414 e. The van der Waals surface area contributed by atoms with Crippen molar-refractivity contribution in [3.05, 3.63) is 143 Å². The lowest BCUT2D eigenvalue weighted by Gasteiger charge is -2.33. The summed E-state index contributed by atoms with van der Waals surface area (Å²) in [5.41, 5.74) is 2.17. The number of benzene rings is 4. The van der Waals surface area contributed by atoms with Gasteiger partial charge in [0.05, 0.1) is 5.56 Å². The highest BCUT2D eigenvalue weighted by Crippen LogP contribution is 2.40. The lowest BCUT2D eigenvalue weighted by molar-refractivity contribution is -0.145. The third kappa shape index (κ3) is 5.89. The Morgan fingerprint density at radius 1 is 0.725 bits per heavy atom. The zero-order chi connectivity index (χ0) is 28.0. The van der Waals surface area contributed by atoms with Crippen LogP contribution in [0.25, 0.3) is 0 Å². The van der Waals surface area contributed by atoms with Crippen LogP contribution in [-0.4, -0.2) is 28.5 Å². The zero-order valence-electron chi connectivity index (χ0n) is 22.1. The number of ether oxygens (including phenoxy) is 3. The molecule has 0 saturated carbocycles. The molecule has 4 aromatic carbocycles. The molecule has 2 atom stereocenters. The zero-order valence-corrected chi connectivity index (χ0v) is 22.1. The van der Waals surface area contributed by atoms with Crippen LogP contribution in [0.2, 0.25) is 0 Å². The molecule has 1 saturated heterocycles. The molecule has 5 rings (SSSR count).